The van der Waals surface area contributed by atoms with Crippen molar-refractivity contribution in [3.05, 3.63) is 41.7 Å². The summed E-state index contributed by atoms with van der Waals surface area (Å²) in [7, 11) is 0. The Morgan fingerprint density at radius 1 is 1.17 bits per heavy atom. The number of hydrogen-bond acceptors (Lipinski definition) is 6. The van der Waals surface area contributed by atoms with Crippen LogP contribution in [0.15, 0.2) is 28.7 Å². The topological polar surface area (TPSA) is 82.8 Å². The van der Waals surface area contributed by atoms with Gasteiger partial charge < -0.3 is 23.9 Å². The van der Waals surface area contributed by atoms with E-state index in [-0.39, 0.29) is 41.5 Å². The van der Waals surface area contributed by atoms with E-state index in [9.17, 15) is 18.0 Å². The number of ether oxygens (including phenoxy) is 3. The smallest absolute Gasteiger partial charge is 0.407 e. The molecular formula is C25H27F3N2O5. The van der Waals surface area contributed by atoms with Crippen molar-refractivity contribution in [3.8, 4) is 23.0 Å². The first-order chi connectivity index (χ1) is 16.5. The van der Waals surface area contributed by atoms with Crippen LogP contribution in [-0.2, 0) is 4.74 Å². The highest BCUT2D eigenvalue weighted by atomic mass is 19.1. The Kier molecular flexibility index (Phi) is 6.82. The van der Waals surface area contributed by atoms with Crippen molar-refractivity contribution in [2.75, 3.05) is 13.2 Å². The predicted octanol–water partition coefficient (Wildman–Crippen LogP) is 5.99. The summed E-state index contributed by atoms with van der Waals surface area (Å²) in [5.74, 6) is -3.00. The molecule has 188 valence electrons. The number of benzene rings is 2. The van der Waals surface area contributed by atoms with Gasteiger partial charge in [0.25, 0.3) is 0 Å². The molecule has 1 aliphatic carbocycles. The van der Waals surface area contributed by atoms with Gasteiger partial charge in [0.1, 0.15) is 17.7 Å². The molecule has 0 bridgehead atoms. The van der Waals surface area contributed by atoms with Crippen LogP contribution in [0.2, 0.25) is 0 Å². The van der Waals surface area contributed by atoms with Gasteiger partial charge in [0.05, 0.1) is 12.6 Å². The van der Waals surface area contributed by atoms with Crippen LogP contribution in [0.25, 0.3) is 22.6 Å². The van der Waals surface area contributed by atoms with Gasteiger partial charge in [-0.25, -0.2) is 18.6 Å². The van der Waals surface area contributed by atoms with Gasteiger partial charge >= 0.3 is 6.09 Å². The zero-order chi connectivity index (χ0) is 25.3. The van der Waals surface area contributed by atoms with Crippen LogP contribution in [0.1, 0.15) is 40.5 Å². The second-order valence-corrected chi connectivity index (χ2v) is 9.63. The Morgan fingerprint density at radius 2 is 1.86 bits per heavy atom. The number of nitrogens with zero attached hydrogens (tertiary/aromatic N) is 1. The number of aromatic nitrogens is 1. The van der Waals surface area contributed by atoms with Gasteiger partial charge in [-0.2, -0.15) is 4.39 Å². The minimum absolute atomic E-state index is 0.00650. The first-order valence-corrected chi connectivity index (χ1v) is 11.3. The highest BCUT2D eigenvalue weighted by molar-refractivity contribution is 5.78. The number of hydrogen-bond donors (Lipinski definition) is 1. The molecule has 1 saturated carbocycles. The molecule has 2 aromatic carbocycles. The Labute approximate surface area is 200 Å². The molecule has 3 aromatic rings. The minimum atomic E-state index is -0.890. The second kappa shape index (κ2) is 9.67. The standard InChI is InChI=1S/C25H27F3N2O5/c1-13(29-24(31)35-25(2,3)4)11-32-19-8-7-18-22(20(19)28)34-23(30-18)15-9-16(26)21(17(27)10-15)33-12-14-5-6-14/h7-10,13-14H,5-6,11-12H2,1-4H3,(H,29,31)/t13-/m0/s1. The Morgan fingerprint density at radius 3 is 2.49 bits per heavy atom. The fourth-order valence-corrected chi connectivity index (χ4v) is 3.25. The van der Waals surface area contributed by atoms with Gasteiger partial charge in [0.2, 0.25) is 11.7 Å². The first-order valence-electron chi connectivity index (χ1n) is 11.3. The highest BCUT2D eigenvalue weighted by Gasteiger charge is 2.25. The van der Waals surface area contributed by atoms with Crippen LogP contribution in [0.4, 0.5) is 18.0 Å². The molecule has 1 N–H and O–H groups in total. The van der Waals surface area contributed by atoms with Crippen molar-refractivity contribution in [2.24, 2.45) is 5.92 Å². The summed E-state index contributed by atoms with van der Waals surface area (Å²) in [6, 6.07) is 4.43. The number of nitrogens with one attached hydrogen (secondary N) is 1. The molecule has 0 unspecified atom stereocenters. The van der Waals surface area contributed by atoms with Gasteiger partial charge in [-0.3, -0.25) is 0 Å². The molecule has 4 rings (SSSR count). The van der Waals surface area contributed by atoms with Crippen molar-refractivity contribution < 1.29 is 36.6 Å². The van der Waals surface area contributed by atoms with E-state index >= 15 is 0 Å². The van der Waals surface area contributed by atoms with E-state index < -0.39 is 40.9 Å². The maximum absolute atomic E-state index is 15.0. The molecule has 1 fully saturated rings. The lowest BCUT2D eigenvalue weighted by Crippen LogP contribution is -2.40. The number of halogens is 3. The lowest BCUT2D eigenvalue weighted by molar-refractivity contribution is 0.0493. The van der Waals surface area contributed by atoms with Gasteiger partial charge in [-0.05, 0) is 70.7 Å². The van der Waals surface area contributed by atoms with Crippen LogP contribution in [0.5, 0.6) is 11.5 Å². The average molecular weight is 492 g/mol. The molecule has 1 heterocycles. The Hall–Kier alpha value is -3.43. The number of carbonyl (C=O) groups is 1. The number of alkyl carbamates (subject to hydrolysis) is 1. The average Bonchev–Trinajstić information content (AvgIpc) is 3.47. The van der Waals surface area contributed by atoms with Crippen LogP contribution in [-0.4, -0.2) is 35.9 Å². The zero-order valence-corrected chi connectivity index (χ0v) is 19.9. The molecule has 0 radical (unpaired) electrons. The maximum atomic E-state index is 15.0. The quantitative estimate of drug-likeness (QED) is 0.416. The van der Waals surface area contributed by atoms with Gasteiger partial charge in [-0.15, -0.1) is 0 Å². The molecule has 1 amide bonds. The molecule has 1 atom stereocenters. The SMILES string of the molecule is C[C@@H](COc1ccc2nc(-c3cc(F)c(OCC4CC4)c(F)c3)oc2c1F)NC(=O)OC(C)(C)C. The lowest BCUT2D eigenvalue weighted by Gasteiger charge is -2.22. The van der Waals surface area contributed by atoms with E-state index in [0.717, 1.165) is 25.0 Å². The first kappa shape index (κ1) is 24.7. The summed E-state index contributed by atoms with van der Waals surface area (Å²) in [6.07, 6.45) is 1.36. The molecule has 1 aliphatic rings. The number of carbonyl (C=O) groups excluding carboxylic acids is 1. The molecular weight excluding hydrogens is 465 g/mol. The third-order valence-corrected chi connectivity index (χ3v) is 5.12. The lowest BCUT2D eigenvalue weighted by atomic mass is 10.2. The molecule has 0 saturated heterocycles. The Balaban J connectivity index is 1.46. The predicted molar refractivity (Wildman–Crippen MR) is 122 cm³/mol. The van der Waals surface area contributed by atoms with E-state index in [2.05, 4.69) is 10.3 Å². The maximum Gasteiger partial charge on any atom is 0.407 e. The van der Waals surface area contributed by atoms with E-state index in [1.54, 1.807) is 27.7 Å². The highest BCUT2D eigenvalue weighted by Crippen LogP contribution is 2.35. The van der Waals surface area contributed by atoms with E-state index in [1.165, 1.54) is 12.1 Å². The summed E-state index contributed by atoms with van der Waals surface area (Å²) in [4.78, 5) is 16.0. The van der Waals surface area contributed by atoms with Crippen molar-refractivity contribution >= 4 is 17.2 Å². The molecule has 1 aromatic heterocycles. The van der Waals surface area contributed by atoms with Crippen LogP contribution < -0.4 is 14.8 Å². The largest absolute Gasteiger partial charge is 0.488 e. The summed E-state index contributed by atoms with van der Waals surface area (Å²) >= 11 is 0. The van der Waals surface area contributed by atoms with Crippen LogP contribution in [0, 0.1) is 23.4 Å². The monoisotopic (exact) mass is 492 g/mol. The summed E-state index contributed by atoms with van der Waals surface area (Å²) in [5.41, 5.74) is -0.714. The molecule has 0 aliphatic heterocycles. The van der Waals surface area contributed by atoms with Crippen molar-refractivity contribution in [1.82, 2.24) is 10.3 Å². The molecule has 7 nitrogen and oxygen atoms in total. The zero-order valence-electron chi connectivity index (χ0n) is 19.9. The van der Waals surface area contributed by atoms with E-state index in [1.807, 2.05) is 0 Å². The van der Waals surface area contributed by atoms with Gasteiger partial charge in [0, 0.05) is 5.56 Å². The van der Waals surface area contributed by atoms with Gasteiger partial charge in [0.15, 0.2) is 28.7 Å². The number of amides is 1. The normalized spacial score (nSPS) is 14.6. The number of fused-ring (bicyclic) bond motifs is 1. The van der Waals surface area contributed by atoms with Crippen molar-refractivity contribution in [1.29, 1.82) is 0 Å². The summed E-state index contributed by atoms with van der Waals surface area (Å²) < 4.78 is 65.3. The molecule has 10 heteroatoms. The Bertz CT molecular complexity index is 1210. The summed E-state index contributed by atoms with van der Waals surface area (Å²) in [5, 5.41) is 2.60. The summed E-state index contributed by atoms with van der Waals surface area (Å²) in [6.45, 7) is 7.11. The fourth-order valence-electron chi connectivity index (χ4n) is 3.25. The number of rotatable bonds is 8. The third-order valence-electron chi connectivity index (χ3n) is 5.12. The second-order valence-electron chi connectivity index (χ2n) is 9.63. The minimum Gasteiger partial charge on any atom is -0.488 e. The van der Waals surface area contributed by atoms with E-state index in [4.69, 9.17) is 18.6 Å². The van der Waals surface area contributed by atoms with Crippen molar-refractivity contribution in [3.63, 3.8) is 0 Å². The third kappa shape index (κ3) is 6.17. The molecule has 0 spiro atoms. The fraction of sp³-hybridized carbons (Fsp3) is 0.440. The molecule has 35 heavy (non-hydrogen) atoms. The van der Waals surface area contributed by atoms with E-state index in [0.29, 0.717) is 5.92 Å². The number of oxazole rings is 1. The van der Waals surface area contributed by atoms with Crippen LogP contribution >= 0.6 is 0 Å². The van der Waals surface area contributed by atoms with Gasteiger partial charge in [-0.1, -0.05) is 0 Å². The van der Waals surface area contributed by atoms with Crippen molar-refractivity contribution in [2.45, 2.75) is 52.2 Å². The van der Waals surface area contributed by atoms with Crippen LogP contribution in [0.3, 0.4) is 0 Å².